The number of carbonyl (C=O) groups is 1. The summed E-state index contributed by atoms with van der Waals surface area (Å²) in [7, 11) is 0. The van der Waals surface area contributed by atoms with Gasteiger partial charge in [-0.3, -0.25) is 4.79 Å². The Balaban J connectivity index is 2.13. The van der Waals surface area contributed by atoms with Crippen LogP contribution >= 0.6 is 0 Å². The van der Waals surface area contributed by atoms with Gasteiger partial charge in [-0.2, -0.15) is 0 Å². The molecule has 0 saturated carbocycles. The fraction of sp³-hybridized carbons (Fsp3) is 0.409. The molecule has 1 aliphatic rings. The number of aliphatic hydroxyl groups is 1. The van der Waals surface area contributed by atoms with Crippen LogP contribution in [0, 0.1) is 5.92 Å². The van der Waals surface area contributed by atoms with E-state index in [1.165, 1.54) is 0 Å². The lowest BCUT2D eigenvalue weighted by atomic mass is 9.67. The van der Waals surface area contributed by atoms with Gasteiger partial charge in [0.1, 0.15) is 11.2 Å². The first-order chi connectivity index (χ1) is 12.2. The molecule has 0 radical (unpaired) electrons. The van der Waals surface area contributed by atoms with Crippen LogP contribution in [0.5, 0.6) is 0 Å². The van der Waals surface area contributed by atoms with Gasteiger partial charge in [-0.25, -0.2) is 0 Å². The predicted octanol–water partition coefficient (Wildman–Crippen LogP) is 3.97. The summed E-state index contributed by atoms with van der Waals surface area (Å²) in [5, 5.41) is 21.6. The lowest BCUT2D eigenvalue weighted by molar-refractivity contribution is -0.257. The van der Waals surface area contributed by atoms with Crippen LogP contribution < -0.4 is 0 Å². The SMILES string of the molecule is CC1(C)O[C@@](C)(C(O)(c2ccccc2)c2ccccc2)CC[C@@H]1C(=O)O. The molecular weight excluding hydrogens is 328 g/mol. The summed E-state index contributed by atoms with van der Waals surface area (Å²) in [6.07, 6.45) is 0.883. The third-order valence-electron chi connectivity index (χ3n) is 5.68. The van der Waals surface area contributed by atoms with Crippen LogP contribution in [-0.2, 0) is 15.1 Å². The first-order valence-corrected chi connectivity index (χ1v) is 8.97. The summed E-state index contributed by atoms with van der Waals surface area (Å²) in [6, 6.07) is 18.9. The van der Waals surface area contributed by atoms with Gasteiger partial charge in [0.05, 0.1) is 11.5 Å². The Labute approximate surface area is 154 Å². The molecule has 3 rings (SSSR count). The maximum Gasteiger partial charge on any atom is 0.309 e. The van der Waals surface area contributed by atoms with Crippen molar-refractivity contribution in [3.63, 3.8) is 0 Å². The maximum absolute atomic E-state index is 12.0. The van der Waals surface area contributed by atoms with Crippen molar-refractivity contribution in [1.82, 2.24) is 0 Å². The summed E-state index contributed by atoms with van der Waals surface area (Å²) in [5.74, 6) is -1.47. The predicted molar refractivity (Wildman–Crippen MR) is 99.8 cm³/mol. The average molecular weight is 354 g/mol. The second kappa shape index (κ2) is 6.53. The lowest BCUT2D eigenvalue weighted by Gasteiger charge is -2.54. The van der Waals surface area contributed by atoms with E-state index in [2.05, 4.69) is 0 Å². The van der Waals surface area contributed by atoms with Crippen molar-refractivity contribution in [3.8, 4) is 0 Å². The van der Waals surface area contributed by atoms with Crippen LogP contribution in [0.3, 0.4) is 0 Å². The highest BCUT2D eigenvalue weighted by Crippen LogP contribution is 2.51. The van der Waals surface area contributed by atoms with Crippen LogP contribution in [0.4, 0.5) is 0 Å². The molecule has 26 heavy (non-hydrogen) atoms. The number of ether oxygens (including phenoxy) is 1. The zero-order valence-electron chi connectivity index (χ0n) is 15.5. The molecule has 0 bridgehead atoms. The Morgan fingerprint density at radius 1 is 1.00 bits per heavy atom. The van der Waals surface area contributed by atoms with Crippen LogP contribution in [0.25, 0.3) is 0 Å². The van der Waals surface area contributed by atoms with Crippen molar-refractivity contribution < 1.29 is 19.7 Å². The Morgan fingerprint density at radius 2 is 1.46 bits per heavy atom. The minimum atomic E-state index is -1.39. The number of rotatable bonds is 4. The van der Waals surface area contributed by atoms with E-state index in [4.69, 9.17) is 4.74 Å². The molecule has 0 aromatic heterocycles. The van der Waals surface area contributed by atoms with Gasteiger partial charge in [0.25, 0.3) is 0 Å². The van der Waals surface area contributed by atoms with E-state index in [9.17, 15) is 15.0 Å². The molecule has 0 aliphatic carbocycles. The fourth-order valence-electron chi connectivity index (χ4n) is 4.28. The normalized spacial score (nSPS) is 25.6. The van der Waals surface area contributed by atoms with Crippen molar-refractivity contribution >= 4 is 5.97 Å². The van der Waals surface area contributed by atoms with Gasteiger partial charge < -0.3 is 14.9 Å². The smallest absolute Gasteiger partial charge is 0.309 e. The molecule has 0 unspecified atom stereocenters. The molecule has 4 nitrogen and oxygen atoms in total. The van der Waals surface area contributed by atoms with E-state index in [1.54, 1.807) is 13.8 Å². The largest absolute Gasteiger partial charge is 0.481 e. The molecule has 0 amide bonds. The van der Waals surface area contributed by atoms with Gasteiger partial charge in [0, 0.05) is 0 Å². The topological polar surface area (TPSA) is 66.8 Å². The lowest BCUT2D eigenvalue weighted by Crippen LogP contribution is -2.61. The summed E-state index contributed by atoms with van der Waals surface area (Å²) in [6.45, 7) is 5.46. The molecule has 2 atom stereocenters. The number of carboxylic acid groups (broad SMARTS) is 1. The number of hydrogen-bond acceptors (Lipinski definition) is 3. The highest BCUT2D eigenvalue weighted by Gasteiger charge is 2.57. The summed E-state index contributed by atoms with van der Waals surface area (Å²) >= 11 is 0. The number of benzene rings is 2. The molecule has 138 valence electrons. The highest BCUT2D eigenvalue weighted by molar-refractivity contribution is 5.71. The van der Waals surface area contributed by atoms with E-state index >= 15 is 0 Å². The standard InChI is InChI=1S/C22H26O4/c1-20(2)18(19(23)24)14-15-21(3,26-20)22(25,16-10-6-4-7-11-16)17-12-8-5-9-13-17/h4-13,18,25H,14-15H2,1-3H3,(H,23,24)/t18-,21-/m1/s1. The molecular formula is C22H26O4. The van der Waals surface area contributed by atoms with E-state index in [-0.39, 0.29) is 0 Å². The zero-order chi connectivity index (χ0) is 19.0. The van der Waals surface area contributed by atoms with Gasteiger partial charge in [-0.15, -0.1) is 0 Å². The monoisotopic (exact) mass is 354 g/mol. The van der Waals surface area contributed by atoms with Crippen LogP contribution in [-0.4, -0.2) is 27.4 Å². The minimum absolute atomic E-state index is 0.438. The van der Waals surface area contributed by atoms with Crippen molar-refractivity contribution in [2.75, 3.05) is 0 Å². The second-order valence-corrected chi connectivity index (χ2v) is 7.81. The van der Waals surface area contributed by atoms with Gasteiger partial charge in [0.15, 0.2) is 0 Å². The molecule has 1 fully saturated rings. The van der Waals surface area contributed by atoms with Gasteiger partial charge in [-0.05, 0) is 44.7 Å². The third kappa shape index (κ3) is 2.93. The Hall–Kier alpha value is -2.17. The third-order valence-corrected chi connectivity index (χ3v) is 5.68. The molecule has 2 aromatic carbocycles. The first-order valence-electron chi connectivity index (χ1n) is 8.97. The Bertz CT molecular complexity index is 730. The van der Waals surface area contributed by atoms with Crippen LogP contribution in [0.15, 0.2) is 60.7 Å². The van der Waals surface area contributed by atoms with E-state index in [0.29, 0.717) is 12.8 Å². The quantitative estimate of drug-likeness (QED) is 0.872. The van der Waals surface area contributed by atoms with Crippen LogP contribution in [0.1, 0.15) is 44.7 Å². The number of aliphatic carboxylic acids is 1. The molecule has 4 heteroatoms. The van der Waals surface area contributed by atoms with E-state index in [0.717, 1.165) is 11.1 Å². The van der Waals surface area contributed by atoms with Gasteiger partial charge in [-0.1, -0.05) is 60.7 Å². The van der Waals surface area contributed by atoms with Crippen molar-refractivity contribution in [2.45, 2.75) is 50.4 Å². The fourth-order valence-corrected chi connectivity index (χ4v) is 4.28. The molecule has 0 spiro atoms. The summed E-state index contributed by atoms with van der Waals surface area (Å²) < 4.78 is 6.38. The molecule has 1 saturated heterocycles. The number of hydrogen-bond donors (Lipinski definition) is 2. The molecule has 2 N–H and O–H groups in total. The molecule has 1 aliphatic heterocycles. The van der Waals surface area contributed by atoms with Crippen LogP contribution in [0.2, 0.25) is 0 Å². The minimum Gasteiger partial charge on any atom is -0.481 e. The number of carboxylic acids is 1. The average Bonchev–Trinajstić information content (AvgIpc) is 2.61. The zero-order valence-corrected chi connectivity index (χ0v) is 15.5. The van der Waals surface area contributed by atoms with Crippen molar-refractivity contribution in [1.29, 1.82) is 0 Å². The van der Waals surface area contributed by atoms with Crippen molar-refractivity contribution in [3.05, 3.63) is 71.8 Å². The second-order valence-electron chi connectivity index (χ2n) is 7.81. The first kappa shape index (κ1) is 18.6. The van der Waals surface area contributed by atoms with E-state index < -0.39 is 28.7 Å². The summed E-state index contributed by atoms with van der Waals surface area (Å²) in [4.78, 5) is 11.6. The molecule has 1 heterocycles. The van der Waals surface area contributed by atoms with Crippen molar-refractivity contribution in [2.24, 2.45) is 5.92 Å². The highest BCUT2D eigenvalue weighted by atomic mass is 16.5. The summed E-state index contributed by atoms with van der Waals surface area (Å²) in [5.41, 5.74) is -1.78. The Kier molecular flexibility index (Phi) is 4.67. The van der Waals surface area contributed by atoms with Gasteiger partial charge in [0.2, 0.25) is 0 Å². The molecule has 2 aromatic rings. The maximum atomic E-state index is 12.0. The van der Waals surface area contributed by atoms with E-state index in [1.807, 2.05) is 67.6 Å². The Morgan fingerprint density at radius 3 is 1.85 bits per heavy atom. The van der Waals surface area contributed by atoms with Gasteiger partial charge >= 0.3 is 5.97 Å².